The van der Waals surface area contributed by atoms with Crippen LogP contribution in [0.15, 0.2) is 36.4 Å². The van der Waals surface area contributed by atoms with Crippen LogP contribution in [0.25, 0.3) is 0 Å². The number of nitrogen functional groups attached to an aromatic ring is 1. The fraction of sp³-hybridized carbons (Fsp3) is 0.278. The molecule has 0 radical (unpaired) electrons. The Morgan fingerprint density at radius 1 is 1.26 bits per heavy atom. The molecule has 0 saturated heterocycles. The minimum absolute atomic E-state index is 0.222. The number of rotatable bonds is 6. The average molecular weight is 333 g/mol. The Morgan fingerprint density at radius 2 is 1.96 bits per heavy atom. The second-order valence-electron chi connectivity index (χ2n) is 5.38. The van der Waals surface area contributed by atoms with Gasteiger partial charge in [0.1, 0.15) is 5.75 Å². The first kappa shape index (κ1) is 17.2. The number of halogens is 1. The van der Waals surface area contributed by atoms with Crippen LogP contribution in [0.5, 0.6) is 5.75 Å². The van der Waals surface area contributed by atoms with Crippen molar-refractivity contribution in [2.75, 3.05) is 17.7 Å². The molecule has 2 rings (SSSR count). The highest BCUT2D eigenvalue weighted by Gasteiger charge is 2.11. The quantitative estimate of drug-likeness (QED) is 0.597. The molecule has 0 aliphatic heterocycles. The van der Waals surface area contributed by atoms with Crippen LogP contribution in [0.4, 0.5) is 11.4 Å². The van der Waals surface area contributed by atoms with Gasteiger partial charge in [-0.3, -0.25) is 4.79 Å². The molecule has 0 bridgehead atoms. The van der Waals surface area contributed by atoms with Gasteiger partial charge in [-0.2, -0.15) is 0 Å². The van der Waals surface area contributed by atoms with Crippen LogP contribution in [-0.2, 0) is 0 Å². The molecule has 0 aliphatic carbocycles. The Labute approximate surface area is 141 Å². The highest BCUT2D eigenvalue weighted by Crippen LogP contribution is 2.29. The molecule has 5 heteroatoms. The Balaban J connectivity index is 2.06. The Morgan fingerprint density at radius 3 is 2.57 bits per heavy atom. The second-order valence-corrected chi connectivity index (χ2v) is 5.78. The molecule has 2 aromatic carbocycles. The molecule has 23 heavy (non-hydrogen) atoms. The lowest BCUT2D eigenvalue weighted by atomic mass is 10.1. The molecule has 1 amide bonds. The molecule has 4 nitrogen and oxygen atoms in total. The molecule has 0 atom stereocenters. The Bertz CT molecular complexity index is 661. The molecule has 122 valence electrons. The minimum Gasteiger partial charge on any atom is -0.494 e. The molecule has 0 fully saturated rings. The number of nitrogens with one attached hydrogen (secondary N) is 1. The number of aryl methyl sites for hydroxylation is 1. The van der Waals surface area contributed by atoms with E-state index in [1.165, 1.54) is 0 Å². The number of amides is 1. The number of hydrogen-bond donors (Lipinski definition) is 2. The van der Waals surface area contributed by atoms with Crippen LogP contribution in [0.2, 0.25) is 5.02 Å². The van der Waals surface area contributed by atoms with Gasteiger partial charge in [0.15, 0.2) is 0 Å². The van der Waals surface area contributed by atoms with E-state index in [1.54, 1.807) is 36.4 Å². The predicted molar refractivity (Wildman–Crippen MR) is 95.4 cm³/mol. The van der Waals surface area contributed by atoms with Gasteiger partial charge in [0.2, 0.25) is 0 Å². The van der Waals surface area contributed by atoms with Crippen molar-refractivity contribution in [1.82, 2.24) is 0 Å². The van der Waals surface area contributed by atoms with Crippen LogP contribution < -0.4 is 15.8 Å². The third kappa shape index (κ3) is 4.63. The Hall–Kier alpha value is -2.20. The van der Waals surface area contributed by atoms with Crippen LogP contribution >= 0.6 is 11.6 Å². The second kappa shape index (κ2) is 7.88. The van der Waals surface area contributed by atoms with Crippen molar-refractivity contribution in [1.29, 1.82) is 0 Å². The summed E-state index contributed by atoms with van der Waals surface area (Å²) in [4.78, 5) is 12.3. The van der Waals surface area contributed by atoms with Crippen molar-refractivity contribution in [3.8, 4) is 5.75 Å². The fourth-order valence-corrected chi connectivity index (χ4v) is 2.47. The number of hydrogen-bond acceptors (Lipinski definition) is 3. The maximum absolute atomic E-state index is 12.3. The summed E-state index contributed by atoms with van der Waals surface area (Å²) in [6.45, 7) is 4.64. The summed E-state index contributed by atoms with van der Waals surface area (Å²) in [6.07, 6.45) is 2.10. The van der Waals surface area contributed by atoms with Crippen LogP contribution in [0.3, 0.4) is 0 Å². The van der Waals surface area contributed by atoms with Crippen molar-refractivity contribution in [3.05, 3.63) is 52.5 Å². The van der Waals surface area contributed by atoms with Gasteiger partial charge in [0.25, 0.3) is 5.91 Å². The Kier molecular flexibility index (Phi) is 5.88. The number of carbonyl (C=O) groups is 1. The van der Waals surface area contributed by atoms with Crippen LogP contribution in [-0.4, -0.2) is 12.5 Å². The minimum atomic E-state index is -0.222. The van der Waals surface area contributed by atoms with E-state index in [2.05, 4.69) is 12.2 Å². The van der Waals surface area contributed by atoms with Gasteiger partial charge in [-0.05, 0) is 55.3 Å². The van der Waals surface area contributed by atoms with Crippen molar-refractivity contribution in [2.45, 2.75) is 26.7 Å². The van der Waals surface area contributed by atoms with Crippen molar-refractivity contribution >= 4 is 28.9 Å². The molecule has 0 unspecified atom stereocenters. The lowest BCUT2D eigenvalue weighted by Gasteiger charge is -2.12. The maximum Gasteiger partial charge on any atom is 0.255 e. The van der Waals surface area contributed by atoms with Gasteiger partial charge in [-0.1, -0.05) is 24.9 Å². The van der Waals surface area contributed by atoms with Gasteiger partial charge in [-0.15, -0.1) is 0 Å². The number of nitrogens with two attached hydrogens (primary N) is 1. The van der Waals surface area contributed by atoms with Gasteiger partial charge in [0, 0.05) is 11.3 Å². The number of benzene rings is 2. The predicted octanol–water partition coefficient (Wildman–Crippen LogP) is 4.66. The normalized spacial score (nSPS) is 10.4. The summed E-state index contributed by atoms with van der Waals surface area (Å²) < 4.78 is 5.58. The zero-order valence-electron chi connectivity index (χ0n) is 13.4. The maximum atomic E-state index is 12.3. The van der Waals surface area contributed by atoms with Crippen LogP contribution in [0.1, 0.15) is 35.7 Å². The summed E-state index contributed by atoms with van der Waals surface area (Å²) >= 11 is 6.15. The van der Waals surface area contributed by atoms with Gasteiger partial charge in [-0.25, -0.2) is 0 Å². The smallest absolute Gasteiger partial charge is 0.255 e. The van der Waals surface area contributed by atoms with Crippen molar-refractivity contribution in [3.63, 3.8) is 0 Å². The number of ether oxygens (including phenoxy) is 1. The van der Waals surface area contributed by atoms with E-state index in [0.29, 0.717) is 28.6 Å². The molecule has 0 aliphatic rings. The third-order valence-corrected chi connectivity index (χ3v) is 3.73. The highest BCUT2D eigenvalue weighted by molar-refractivity contribution is 6.34. The summed E-state index contributed by atoms with van der Waals surface area (Å²) in [6, 6.07) is 10.4. The van der Waals surface area contributed by atoms with E-state index in [4.69, 9.17) is 22.1 Å². The van der Waals surface area contributed by atoms with Crippen molar-refractivity contribution < 1.29 is 9.53 Å². The largest absolute Gasteiger partial charge is 0.494 e. The molecule has 0 spiro atoms. The number of carbonyl (C=O) groups excluding carboxylic acids is 1. The molecular formula is C18H21ClN2O2. The molecule has 3 N–H and O–H groups in total. The zero-order valence-corrected chi connectivity index (χ0v) is 14.1. The molecule has 0 heterocycles. The van der Waals surface area contributed by atoms with E-state index in [9.17, 15) is 4.79 Å². The van der Waals surface area contributed by atoms with E-state index in [1.807, 2.05) is 6.92 Å². The first-order chi connectivity index (χ1) is 11.0. The summed E-state index contributed by atoms with van der Waals surface area (Å²) in [5.74, 6) is 0.538. The number of anilines is 2. The van der Waals surface area contributed by atoms with E-state index in [0.717, 1.165) is 24.2 Å². The lowest BCUT2D eigenvalue weighted by Crippen LogP contribution is -2.13. The first-order valence-corrected chi connectivity index (χ1v) is 7.99. The van der Waals surface area contributed by atoms with E-state index in [-0.39, 0.29) is 5.91 Å². The third-order valence-electron chi connectivity index (χ3n) is 3.43. The summed E-state index contributed by atoms with van der Waals surface area (Å²) in [5, 5.41) is 3.25. The molecule has 0 saturated carbocycles. The van der Waals surface area contributed by atoms with Gasteiger partial charge in [0.05, 0.1) is 17.3 Å². The number of unbranched alkanes of at least 4 members (excludes halogenated alkanes) is 1. The fourth-order valence-electron chi connectivity index (χ4n) is 2.15. The summed E-state index contributed by atoms with van der Waals surface area (Å²) in [5.41, 5.74) is 8.24. The zero-order chi connectivity index (χ0) is 16.8. The molecular weight excluding hydrogens is 312 g/mol. The topological polar surface area (TPSA) is 64.3 Å². The molecule has 2 aromatic rings. The average Bonchev–Trinajstić information content (AvgIpc) is 2.51. The SMILES string of the molecule is CCCCOc1ccc(C(=O)Nc2c(C)cc(N)cc2Cl)cc1. The van der Waals surface area contributed by atoms with Crippen LogP contribution in [0, 0.1) is 6.92 Å². The first-order valence-electron chi connectivity index (χ1n) is 7.61. The summed E-state index contributed by atoms with van der Waals surface area (Å²) in [7, 11) is 0. The molecule has 0 aromatic heterocycles. The lowest BCUT2D eigenvalue weighted by molar-refractivity contribution is 0.102. The standard InChI is InChI=1S/C18H21ClN2O2/c1-3-4-9-23-15-7-5-13(6-8-15)18(22)21-17-12(2)10-14(20)11-16(17)19/h5-8,10-11H,3-4,9,20H2,1-2H3,(H,21,22). The van der Waals surface area contributed by atoms with Gasteiger partial charge >= 0.3 is 0 Å². The van der Waals surface area contributed by atoms with E-state index >= 15 is 0 Å². The monoisotopic (exact) mass is 332 g/mol. The van der Waals surface area contributed by atoms with Gasteiger partial charge < -0.3 is 15.8 Å². The van der Waals surface area contributed by atoms with Crippen molar-refractivity contribution in [2.24, 2.45) is 0 Å². The highest BCUT2D eigenvalue weighted by atomic mass is 35.5. The van der Waals surface area contributed by atoms with E-state index < -0.39 is 0 Å².